The Morgan fingerprint density at radius 1 is 1.65 bits per heavy atom. The number of ether oxygens (including phenoxy) is 1. The highest BCUT2D eigenvalue weighted by molar-refractivity contribution is 7.87. The lowest BCUT2D eigenvalue weighted by Gasteiger charge is -2.28. The van der Waals surface area contributed by atoms with Gasteiger partial charge in [-0.25, -0.2) is 9.93 Å². The molecule has 0 saturated heterocycles. The molecule has 0 unspecified atom stereocenters. The average Bonchev–Trinajstić information content (AvgIpc) is 2.59. The molecule has 1 aliphatic rings. The largest absolute Gasteiger partial charge is 0.444 e. The van der Waals surface area contributed by atoms with Gasteiger partial charge in [0, 0.05) is 19.4 Å². The molecule has 0 bridgehead atoms. The predicted molar refractivity (Wildman–Crippen MR) is 60.1 cm³/mol. The summed E-state index contributed by atoms with van der Waals surface area (Å²) in [4.78, 5) is 13.2. The molecule has 96 valence electrons. The molecule has 0 atom stereocenters. The summed E-state index contributed by atoms with van der Waals surface area (Å²) in [5.74, 6) is 0. The molecule has 0 aliphatic carbocycles. The van der Waals surface area contributed by atoms with Gasteiger partial charge in [-0.3, -0.25) is 5.01 Å². The first-order valence-electron chi connectivity index (χ1n) is 4.62. The summed E-state index contributed by atoms with van der Waals surface area (Å²) >= 11 is 0. The van der Waals surface area contributed by atoms with E-state index in [0.717, 1.165) is 5.01 Å². The molecular weight excluding hydrogens is 248 g/mol. The second kappa shape index (κ2) is 5.06. The van der Waals surface area contributed by atoms with Crippen LogP contribution in [0, 0.1) is 0 Å². The Bertz CT molecular complexity index is 433. The maximum absolute atomic E-state index is 11.5. The quantitative estimate of drug-likeness (QED) is 0.680. The van der Waals surface area contributed by atoms with Crippen LogP contribution >= 0.6 is 0 Å². The third-order valence-electron chi connectivity index (χ3n) is 1.82. The lowest BCUT2D eigenvalue weighted by molar-refractivity contribution is 0.0629. The summed E-state index contributed by atoms with van der Waals surface area (Å²) in [6.45, 7) is 3.43. The number of hydrogen-bond donors (Lipinski definition) is 1. The summed E-state index contributed by atoms with van der Waals surface area (Å²) in [5, 5.41) is 6.08. The van der Waals surface area contributed by atoms with Gasteiger partial charge < -0.3 is 9.64 Å². The highest BCUT2D eigenvalue weighted by Gasteiger charge is 2.32. The molecule has 17 heavy (non-hydrogen) atoms. The first-order chi connectivity index (χ1) is 7.86. The Balaban J connectivity index is 2.86. The smallest absolute Gasteiger partial charge is 0.443 e. The van der Waals surface area contributed by atoms with Crippen LogP contribution in [0.4, 0.5) is 4.79 Å². The van der Waals surface area contributed by atoms with Crippen molar-refractivity contribution in [3.05, 3.63) is 25.1 Å². The minimum absolute atomic E-state index is 0.0990. The zero-order valence-electron chi connectivity index (χ0n) is 9.31. The summed E-state index contributed by atoms with van der Waals surface area (Å²) in [5.41, 5.74) is 0. The lowest BCUT2D eigenvalue weighted by Crippen LogP contribution is -2.51. The van der Waals surface area contributed by atoms with E-state index < -0.39 is 16.3 Å². The number of amides is 1. The molecule has 1 aliphatic heterocycles. The van der Waals surface area contributed by atoms with Crippen molar-refractivity contribution < 1.29 is 17.9 Å². The minimum atomic E-state index is -4.23. The van der Waals surface area contributed by atoms with Crippen LogP contribution in [0.1, 0.15) is 0 Å². The Morgan fingerprint density at radius 3 is 2.71 bits per heavy atom. The summed E-state index contributed by atoms with van der Waals surface area (Å²) in [6, 6.07) is 0. The molecule has 1 amide bonds. The zero-order valence-corrected chi connectivity index (χ0v) is 10.1. The molecule has 0 fully saturated rings. The number of nitrogens with zero attached hydrogens (tertiary/aromatic N) is 3. The summed E-state index contributed by atoms with van der Waals surface area (Å²) in [6.07, 6.45) is 3.25. The van der Waals surface area contributed by atoms with Gasteiger partial charge in [0.25, 0.3) is 0 Å². The van der Waals surface area contributed by atoms with E-state index in [2.05, 4.69) is 11.3 Å². The molecule has 0 aromatic rings. The predicted octanol–water partition coefficient (Wildman–Crippen LogP) is -0.594. The highest BCUT2D eigenvalue weighted by Crippen LogP contribution is 2.12. The zero-order chi connectivity index (χ0) is 13.1. The van der Waals surface area contributed by atoms with E-state index in [4.69, 9.17) is 5.14 Å². The topological polar surface area (TPSA) is 96.2 Å². The van der Waals surface area contributed by atoms with Crippen LogP contribution in [0.5, 0.6) is 0 Å². The van der Waals surface area contributed by atoms with Gasteiger partial charge in [0.15, 0.2) is 0 Å². The Morgan fingerprint density at radius 2 is 2.29 bits per heavy atom. The van der Waals surface area contributed by atoms with E-state index in [0.29, 0.717) is 4.41 Å². The van der Waals surface area contributed by atoms with E-state index in [-0.39, 0.29) is 13.3 Å². The van der Waals surface area contributed by atoms with Gasteiger partial charge >= 0.3 is 16.3 Å². The van der Waals surface area contributed by atoms with Crippen LogP contribution < -0.4 is 5.14 Å². The number of hydrazine groups is 1. The van der Waals surface area contributed by atoms with Crippen molar-refractivity contribution in [1.29, 1.82) is 0 Å². The van der Waals surface area contributed by atoms with E-state index in [1.807, 2.05) is 0 Å². The Kier molecular flexibility index (Phi) is 3.97. The second-order valence-electron chi connectivity index (χ2n) is 3.29. The lowest BCUT2D eigenvalue weighted by atomic mass is 10.7. The summed E-state index contributed by atoms with van der Waals surface area (Å²) < 4.78 is 27.6. The van der Waals surface area contributed by atoms with Crippen LogP contribution in [0.2, 0.25) is 0 Å². The monoisotopic (exact) mass is 262 g/mol. The van der Waals surface area contributed by atoms with Crippen LogP contribution in [0.15, 0.2) is 25.1 Å². The maximum atomic E-state index is 11.5. The first kappa shape index (κ1) is 13.3. The first-order valence-corrected chi connectivity index (χ1v) is 6.12. The third kappa shape index (κ3) is 3.36. The van der Waals surface area contributed by atoms with Crippen LogP contribution in [-0.4, -0.2) is 49.2 Å². The standard InChI is InChI=1S/C8H14N4O4S/c1-3-6-16-8(13)12(17(9,14)15)11-5-4-10(2)7-11/h3-5H,1,6-7H2,2H3,(H2,9,14,15). The molecular formula is C8H14N4O4S. The normalized spacial score (nSPS) is 14.9. The Labute approximate surface area is 99.7 Å². The number of carbonyl (C=O) groups excluding carboxylic acids is 1. The molecule has 0 saturated carbocycles. The van der Waals surface area contributed by atoms with Gasteiger partial charge in [-0.1, -0.05) is 17.1 Å². The van der Waals surface area contributed by atoms with Gasteiger partial charge in [0.1, 0.15) is 13.3 Å². The van der Waals surface area contributed by atoms with E-state index in [1.165, 1.54) is 12.3 Å². The SMILES string of the molecule is C=CCOC(=O)N(N1C=CN(C)C1)S(N)(=O)=O. The fourth-order valence-corrected chi connectivity index (χ4v) is 1.83. The molecule has 1 heterocycles. The number of nitrogens with two attached hydrogens (primary N) is 1. The van der Waals surface area contributed by atoms with Crippen molar-refractivity contribution in [3.8, 4) is 0 Å². The van der Waals surface area contributed by atoms with Crippen LogP contribution in [-0.2, 0) is 14.9 Å². The molecule has 0 radical (unpaired) electrons. The fourth-order valence-electron chi connectivity index (χ4n) is 1.17. The molecule has 1 rings (SSSR count). The minimum Gasteiger partial charge on any atom is -0.443 e. The highest BCUT2D eigenvalue weighted by atomic mass is 32.2. The molecule has 0 aromatic carbocycles. The van der Waals surface area contributed by atoms with Gasteiger partial charge in [0.2, 0.25) is 0 Å². The van der Waals surface area contributed by atoms with E-state index in [1.54, 1.807) is 18.1 Å². The summed E-state index contributed by atoms with van der Waals surface area (Å²) in [7, 11) is -2.51. The molecule has 8 nitrogen and oxygen atoms in total. The van der Waals surface area contributed by atoms with Gasteiger partial charge in [-0.2, -0.15) is 8.42 Å². The van der Waals surface area contributed by atoms with Crippen molar-refractivity contribution in [1.82, 2.24) is 14.3 Å². The Hall–Kier alpha value is -1.74. The van der Waals surface area contributed by atoms with Crippen LogP contribution in [0.25, 0.3) is 0 Å². The maximum Gasteiger partial charge on any atom is 0.444 e. The number of rotatable bonds is 4. The number of hydrogen-bond acceptors (Lipinski definition) is 6. The van der Waals surface area contributed by atoms with Crippen molar-refractivity contribution in [2.45, 2.75) is 0 Å². The molecule has 9 heteroatoms. The van der Waals surface area contributed by atoms with Gasteiger partial charge in [-0.05, 0) is 0 Å². The van der Waals surface area contributed by atoms with E-state index >= 15 is 0 Å². The average molecular weight is 262 g/mol. The van der Waals surface area contributed by atoms with Gasteiger partial charge in [-0.15, -0.1) is 0 Å². The fraction of sp³-hybridized carbons (Fsp3) is 0.375. The van der Waals surface area contributed by atoms with Gasteiger partial charge in [0.05, 0.1) is 0 Å². The van der Waals surface area contributed by atoms with E-state index in [9.17, 15) is 13.2 Å². The second-order valence-corrected chi connectivity index (χ2v) is 4.67. The molecule has 0 aromatic heterocycles. The molecule has 0 spiro atoms. The molecule has 2 N–H and O–H groups in total. The van der Waals surface area contributed by atoms with Crippen LogP contribution in [0.3, 0.4) is 0 Å². The van der Waals surface area contributed by atoms with Crippen molar-refractivity contribution in [3.63, 3.8) is 0 Å². The third-order valence-corrected chi connectivity index (χ3v) is 2.66. The number of carbonyl (C=O) groups is 1. The van der Waals surface area contributed by atoms with Crippen molar-refractivity contribution in [2.75, 3.05) is 20.3 Å². The van der Waals surface area contributed by atoms with Crippen molar-refractivity contribution >= 4 is 16.3 Å². The van der Waals surface area contributed by atoms with Crippen molar-refractivity contribution in [2.24, 2.45) is 5.14 Å².